The van der Waals surface area contributed by atoms with Crippen LogP contribution in [0.2, 0.25) is 0 Å². The van der Waals surface area contributed by atoms with E-state index < -0.39 is 46.4 Å². The first-order chi connectivity index (χ1) is 16.4. The van der Waals surface area contributed by atoms with Crippen molar-refractivity contribution in [2.24, 2.45) is 0 Å². The second-order valence-electron chi connectivity index (χ2n) is 8.02. The predicted octanol–water partition coefficient (Wildman–Crippen LogP) is 4.10. The molecule has 1 saturated carbocycles. The van der Waals surface area contributed by atoms with Crippen LogP contribution < -0.4 is 4.74 Å². The van der Waals surface area contributed by atoms with Gasteiger partial charge in [-0.1, -0.05) is 36.4 Å². The summed E-state index contributed by atoms with van der Waals surface area (Å²) in [6.07, 6.45) is -2.99. The Morgan fingerprint density at radius 1 is 0.794 bits per heavy atom. The molecule has 0 bridgehead atoms. The molecule has 7 nitrogen and oxygen atoms in total. The molecule has 9 heteroatoms. The van der Waals surface area contributed by atoms with E-state index in [1.807, 2.05) is 24.3 Å². The van der Waals surface area contributed by atoms with Gasteiger partial charge in [0.25, 0.3) is 0 Å². The van der Waals surface area contributed by atoms with Crippen molar-refractivity contribution in [2.75, 3.05) is 11.5 Å². The summed E-state index contributed by atoms with van der Waals surface area (Å²) in [4.78, 5) is 37.3. The number of carbonyl (C=O) groups excluding carboxylic acids is 3. The Bertz CT molecular complexity index is 1010. The summed E-state index contributed by atoms with van der Waals surface area (Å²) in [5.41, 5.74) is 0.398. The molecule has 0 unspecified atom stereocenters. The van der Waals surface area contributed by atoms with Gasteiger partial charge in [0, 0.05) is 31.8 Å². The smallest absolute Gasteiger partial charge is 0.338 e. The monoisotopic (exact) mass is 502 g/mol. The molecule has 1 spiro atoms. The van der Waals surface area contributed by atoms with Crippen LogP contribution in [0, 0.1) is 0 Å². The number of benzene rings is 2. The molecule has 2 aromatic carbocycles. The van der Waals surface area contributed by atoms with Crippen molar-refractivity contribution >= 4 is 41.4 Å². The van der Waals surface area contributed by atoms with E-state index in [0.717, 1.165) is 11.5 Å². The molecule has 0 amide bonds. The quantitative estimate of drug-likeness (QED) is 0.428. The van der Waals surface area contributed by atoms with Crippen LogP contribution in [-0.2, 0) is 23.8 Å². The number of rotatable bonds is 6. The average molecular weight is 503 g/mol. The molecule has 2 fully saturated rings. The second kappa shape index (κ2) is 10.7. The normalized spacial score (nSPS) is 25.4. The Morgan fingerprint density at radius 3 is 1.97 bits per heavy atom. The number of ether oxygens (including phenoxy) is 4. The molecule has 180 valence electrons. The van der Waals surface area contributed by atoms with Gasteiger partial charge in [-0.15, -0.1) is 23.5 Å². The summed E-state index contributed by atoms with van der Waals surface area (Å²) >= 11 is 3.26. The topological polar surface area (TPSA) is 88.1 Å². The van der Waals surface area contributed by atoms with E-state index in [1.54, 1.807) is 59.9 Å². The maximum atomic E-state index is 13.1. The van der Waals surface area contributed by atoms with Gasteiger partial charge < -0.3 is 18.9 Å². The van der Waals surface area contributed by atoms with E-state index in [-0.39, 0.29) is 0 Å². The molecule has 0 N–H and O–H groups in total. The van der Waals surface area contributed by atoms with Gasteiger partial charge in [0.05, 0.1) is 5.56 Å². The third-order valence-corrected chi connectivity index (χ3v) is 9.12. The summed E-state index contributed by atoms with van der Waals surface area (Å²) in [7, 11) is 0. The number of para-hydroxylation sites is 1. The van der Waals surface area contributed by atoms with E-state index in [4.69, 9.17) is 18.9 Å². The molecule has 34 heavy (non-hydrogen) atoms. The lowest BCUT2D eigenvalue weighted by atomic mass is 9.87. The Hall–Kier alpha value is -2.65. The zero-order valence-corrected chi connectivity index (χ0v) is 20.5. The number of esters is 3. The van der Waals surface area contributed by atoms with Crippen molar-refractivity contribution in [3.05, 3.63) is 66.2 Å². The summed E-state index contributed by atoms with van der Waals surface area (Å²) < 4.78 is 23.1. The van der Waals surface area contributed by atoms with E-state index in [9.17, 15) is 14.4 Å². The largest absolute Gasteiger partial charge is 0.482 e. The summed E-state index contributed by atoms with van der Waals surface area (Å²) in [6.45, 7) is 2.64. The maximum absolute atomic E-state index is 13.1. The summed E-state index contributed by atoms with van der Waals surface area (Å²) in [5.74, 6) is 0.661. The molecule has 0 aromatic heterocycles. The fourth-order valence-electron chi connectivity index (χ4n) is 4.26. The molecule has 1 aliphatic heterocycles. The lowest BCUT2D eigenvalue weighted by Gasteiger charge is -2.49. The molecular weight excluding hydrogens is 476 g/mol. The molecule has 0 radical (unpaired) electrons. The van der Waals surface area contributed by atoms with Gasteiger partial charge in [0.15, 0.2) is 18.3 Å². The first kappa shape index (κ1) is 24.5. The van der Waals surface area contributed by atoms with Crippen molar-refractivity contribution in [1.29, 1.82) is 0 Å². The lowest BCUT2D eigenvalue weighted by Crippen LogP contribution is -2.64. The summed E-state index contributed by atoms with van der Waals surface area (Å²) in [5, 5.41) is 0. The Kier molecular flexibility index (Phi) is 7.73. The lowest BCUT2D eigenvalue weighted by molar-refractivity contribution is -0.186. The van der Waals surface area contributed by atoms with Gasteiger partial charge in [-0.25, -0.2) is 4.79 Å². The minimum absolute atomic E-state index is 0.379. The van der Waals surface area contributed by atoms with Gasteiger partial charge in [0.2, 0.25) is 0 Å². The molecule has 1 saturated heterocycles. The Balaban J connectivity index is 1.74. The van der Waals surface area contributed by atoms with E-state index in [1.165, 1.54) is 13.8 Å². The van der Waals surface area contributed by atoms with Crippen molar-refractivity contribution in [2.45, 2.75) is 48.8 Å². The highest BCUT2D eigenvalue weighted by atomic mass is 32.2. The average Bonchev–Trinajstić information content (AvgIpc) is 3.28. The fourth-order valence-corrected chi connectivity index (χ4v) is 7.70. The minimum Gasteiger partial charge on any atom is -0.482 e. The van der Waals surface area contributed by atoms with Crippen molar-refractivity contribution < 1.29 is 33.3 Å². The number of hydrogen-bond acceptors (Lipinski definition) is 9. The molecule has 1 heterocycles. The molecule has 4 atom stereocenters. The molecule has 2 aliphatic rings. The highest BCUT2D eigenvalue weighted by Crippen LogP contribution is 2.55. The van der Waals surface area contributed by atoms with Gasteiger partial charge >= 0.3 is 17.9 Å². The second-order valence-corrected chi connectivity index (χ2v) is 11.1. The van der Waals surface area contributed by atoms with Crippen molar-refractivity contribution in [1.82, 2.24) is 0 Å². The van der Waals surface area contributed by atoms with Crippen molar-refractivity contribution in [3.8, 4) is 5.75 Å². The van der Waals surface area contributed by atoms with Gasteiger partial charge in [-0.05, 0) is 24.3 Å². The number of carbonyl (C=O) groups is 3. The molecule has 4 rings (SSSR count). The Labute approximate surface area is 206 Å². The SMILES string of the molecule is CC(=O)O[C@@H]1[C@H](Oc2ccccc2)[C@@H](OC(C)=O)CC2(SCCS2)[C@H]1OC(=O)c1ccccc1. The van der Waals surface area contributed by atoms with Crippen LogP contribution in [0.4, 0.5) is 0 Å². The zero-order chi connectivity index (χ0) is 24.1. The summed E-state index contributed by atoms with van der Waals surface area (Å²) in [6, 6.07) is 17.7. The van der Waals surface area contributed by atoms with Gasteiger partial charge in [-0.2, -0.15) is 0 Å². The highest BCUT2D eigenvalue weighted by molar-refractivity contribution is 8.21. The predicted molar refractivity (Wildman–Crippen MR) is 130 cm³/mol. The third-order valence-electron chi connectivity index (χ3n) is 5.56. The number of thioether (sulfide) groups is 2. The van der Waals surface area contributed by atoms with Crippen LogP contribution in [0.3, 0.4) is 0 Å². The maximum Gasteiger partial charge on any atom is 0.338 e. The zero-order valence-electron chi connectivity index (χ0n) is 18.9. The Morgan fingerprint density at radius 2 is 1.38 bits per heavy atom. The van der Waals surface area contributed by atoms with Crippen molar-refractivity contribution in [3.63, 3.8) is 0 Å². The van der Waals surface area contributed by atoms with E-state index in [2.05, 4.69) is 0 Å². The highest BCUT2D eigenvalue weighted by Gasteiger charge is 2.61. The van der Waals surface area contributed by atoms with Crippen LogP contribution in [0.25, 0.3) is 0 Å². The van der Waals surface area contributed by atoms with Crippen LogP contribution in [-0.4, -0.2) is 57.9 Å². The van der Waals surface area contributed by atoms with Crippen LogP contribution in [0.5, 0.6) is 5.75 Å². The first-order valence-corrected chi connectivity index (χ1v) is 13.0. The van der Waals surface area contributed by atoms with Gasteiger partial charge in [-0.3, -0.25) is 9.59 Å². The van der Waals surface area contributed by atoms with Crippen LogP contribution >= 0.6 is 23.5 Å². The molecular formula is C25H26O7S2. The molecule has 2 aromatic rings. The molecule has 1 aliphatic carbocycles. The standard InChI is InChI=1S/C25H26O7S2/c1-16(26)29-20-15-25(33-13-14-34-25)23(32-24(28)18-9-5-3-6-10-18)22(30-17(2)27)21(20)31-19-11-7-4-8-12-19/h3-12,20-23H,13-15H2,1-2H3/t20-,21+,22+,23-/m0/s1. The van der Waals surface area contributed by atoms with Crippen LogP contribution in [0.15, 0.2) is 60.7 Å². The number of hydrogen-bond donors (Lipinski definition) is 0. The fraction of sp³-hybridized carbons (Fsp3) is 0.400. The van der Waals surface area contributed by atoms with E-state index >= 15 is 0 Å². The van der Waals surface area contributed by atoms with Gasteiger partial charge in [0.1, 0.15) is 15.9 Å². The van der Waals surface area contributed by atoms with E-state index in [0.29, 0.717) is 17.7 Å². The minimum atomic E-state index is -0.985. The van der Waals surface area contributed by atoms with Crippen LogP contribution in [0.1, 0.15) is 30.6 Å². The first-order valence-electron chi connectivity index (χ1n) is 11.0. The third kappa shape index (κ3) is 5.52.